The van der Waals surface area contributed by atoms with Crippen LogP contribution in [-0.4, -0.2) is 23.9 Å². The van der Waals surface area contributed by atoms with Crippen molar-refractivity contribution >= 4 is 10.1 Å². The maximum atomic E-state index is 13.1. The number of alkyl halides is 3. The van der Waals surface area contributed by atoms with Crippen LogP contribution >= 0.6 is 0 Å². The van der Waals surface area contributed by atoms with Gasteiger partial charge in [0.05, 0.1) is 11.4 Å². The molecule has 0 spiro atoms. The van der Waals surface area contributed by atoms with E-state index in [4.69, 9.17) is 9.97 Å². The molecular formula is C29H19F3N2O3S. The topological polar surface area (TPSA) is 69.2 Å². The standard InChI is InChI=1S/C29H19F3N2O3S/c30-29(31,32)38(35,36)37-27-17-16-23(18-24(27)20-10-4-1-5-11-20)26-19-25(21-12-6-2-7-13-21)33-28(34-26)22-14-8-3-9-15-22/h1-19H. The maximum Gasteiger partial charge on any atom is 0.534 e. The number of hydrogen-bond acceptors (Lipinski definition) is 5. The van der Waals surface area contributed by atoms with E-state index in [0.29, 0.717) is 28.3 Å². The molecule has 0 aliphatic rings. The fraction of sp³-hybridized carbons (Fsp3) is 0.0345. The van der Waals surface area contributed by atoms with E-state index in [2.05, 4.69) is 4.18 Å². The van der Waals surface area contributed by atoms with Crippen LogP contribution in [0.3, 0.4) is 0 Å². The number of hydrogen-bond donors (Lipinski definition) is 0. The highest BCUT2D eigenvalue weighted by molar-refractivity contribution is 7.88. The van der Waals surface area contributed by atoms with Crippen molar-refractivity contribution in [3.05, 3.63) is 115 Å². The Morgan fingerprint density at radius 3 is 1.63 bits per heavy atom. The second kappa shape index (κ2) is 10.1. The quantitative estimate of drug-likeness (QED) is 0.169. The van der Waals surface area contributed by atoms with Crippen LogP contribution in [-0.2, 0) is 10.1 Å². The summed E-state index contributed by atoms with van der Waals surface area (Å²) in [6.45, 7) is 0. The Morgan fingerprint density at radius 1 is 0.579 bits per heavy atom. The van der Waals surface area contributed by atoms with Gasteiger partial charge in [0, 0.05) is 22.3 Å². The van der Waals surface area contributed by atoms with Crippen molar-refractivity contribution < 1.29 is 25.8 Å². The number of nitrogens with zero attached hydrogens (tertiary/aromatic N) is 2. The largest absolute Gasteiger partial charge is 0.534 e. The first-order valence-corrected chi connectivity index (χ1v) is 12.8. The molecule has 0 N–H and O–H groups in total. The average Bonchev–Trinajstić information content (AvgIpc) is 2.94. The van der Waals surface area contributed by atoms with Crippen LogP contribution in [0.2, 0.25) is 0 Å². The third-order valence-electron chi connectivity index (χ3n) is 5.67. The zero-order chi connectivity index (χ0) is 26.8. The smallest absolute Gasteiger partial charge is 0.375 e. The fourth-order valence-electron chi connectivity index (χ4n) is 3.84. The summed E-state index contributed by atoms with van der Waals surface area (Å²) in [6.07, 6.45) is 0. The van der Waals surface area contributed by atoms with Gasteiger partial charge in [-0.15, -0.1) is 0 Å². The average molecular weight is 533 g/mol. The molecule has 0 unspecified atom stereocenters. The summed E-state index contributed by atoms with van der Waals surface area (Å²) >= 11 is 0. The van der Waals surface area contributed by atoms with Gasteiger partial charge >= 0.3 is 15.6 Å². The zero-order valence-corrected chi connectivity index (χ0v) is 20.4. The number of halogens is 3. The molecule has 0 atom stereocenters. The van der Waals surface area contributed by atoms with E-state index in [1.54, 1.807) is 42.5 Å². The lowest BCUT2D eigenvalue weighted by Gasteiger charge is -2.15. The molecule has 1 aromatic heterocycles. The van der Waals surface area contributed by atoms with Gasteiger partial charge in [-0.25, -0.2) is 9.97 Å². The lowest BCUT2D eigenvalue weighted by Crippen LogP contribution is -2.28. The molecule has 0 aliphatic heterocycles. The Bertz CT molecular complexity index is 1620. The first kappa shape index (κ1) is 25.2. The molecule has 5 aromatic rings. The molecule has 1 heterocycles. The first-order valence-electron chi connectivity index (χ1n) is 11.4. The molecule has 0 fully saturated rings. The monoisotopic (exact) mass is 532 g/mol. The van der Waals surface area contributed by atoms with Crippen molar-refractivity contribution in [1.29, 1.82) is 0 Å². The molecule has 0 saturated heterocycles. The second-order valence-corrected chi connectivity index (χ2v) is 9.79. The minimum absolute atomic E-state index is 0.164. The highest BCUT2D eigenvalue weighted by Gasteiger charge is 2.48. The van der Waals surface area contributed by atoms with Crippen molar-refractivity contribution in [1.82, 2.24) is 9.97 Å². The van der Waals surface area contributed by atoms with Crippen LogP contribution in [0, 0.1) is 0 Å². The SMILES string of the molecule is O=S(=O)(Oc1ccc(-c2cc(-c3ccccc3)nc(-c3ccccc3)n2)cc1-c1ccccc1)C(F)(F)F. The van der Waals surface area contributed by atoms with E-state index >= 15 is 0 Å². The van der Waals surface area contributed by atoms with Gasteiger partial charge in [0.15, 0.2) is 11.6 Å². The molecule has 5 nitrogen and oxygen atoms in total. The highest BCUT2D eigenvalue weighted by atomic mass is 32.2. The Hall–Kier alpha value is -4.50. The van der Waals surface area contributed by atoms with E-state index < -0.39 is 21.4 Å². The maximum absolute atomic E-state index is 13.1. The van der Waals surface area contributed by atoms with Gasteiger partial charge in [-0.1, -0.05) is 91.0 Å². The fourth-order valence-corrected chi connectivity index (χ4v) is 4.32. The zero-order valence-electron chi connectivity index (χ0n) is 19.6. The summed E-state index contributed by atoms with van der Waals surface area (Å²) in [4.78, 5) is 9.46. The molecule has 0 amide bonds. The van der Waals surface area contributed by atoms with E-state index in [1.165, 1.54) is 12.1 Å². The van der Waals surface area contributed by atoms with Crippen LogP contribution < -0.4 is 4.18 Å². The predicted octanol–water partition coefficient (Wildman–Crippen LogP) is 7.37. The molecule has 9 heteroatoms. The van der Waals surface area contributed by atoms with E-state index in [9.17, 15) is 21.6 Å². The van der Waals surface area contributed by atoms with Gasteiger partial charge in [0.25, 0.3) is 0 Å². The van der Waals surface area contributed by atoms with Gasteiger partial charge in [0.2, 0.25) is 0 Å². The van der Waals surface area contributed by atoms with E-state index in [1.807, 2.05) is 60.7 Å². The normalized spacial score (nSPS) is 11.8. The van der Waals surface area contributed by atoms with Crippen molar-refractivity contribution in [2.75, 3.05) is 0 Å². The summed E-state index contributed by atoms with van der Waals surface area (Å²) in [7, 11) is -5.87. The molecule has 5 rings (SSSR count). The molecule has 0 radical (unpaired) electrons. The van der Waals surface area contributed by atoms with Crippen LogP contribution in [0.25, 0.3) is 45.0 Å². The summed E-state index contributed by atoms with van der Waals surface area (Å²) < 4.78 is 67.4. The summed E-state index contributed by atoms with van der Waals surface area (Å²) in [5, 5.41) is 0. The second-order valence-electron chi connectivity index (χ2n) is 8.25. The van der Waals surface area contributed by atoms with Crippen LogP contribution in [0.4, 0.5) is 13.2 Å². The highest BCUT2D eigenvalue weighted by Crippen LogP contribution is 2.38. The van der Waals surface area contributed by atoms with Gasteiger partial charge in [-0.05, 0) is 29.8 Å². The predicted molar refractivity (Wildman–Crippen MR) is 139 cm³/mol. The summed E-state index contributed by atoms with van der Waals surface area (Å²) in [5.74, 6) is 0.0149. The molecule has 190 valence electrons. The number of benzene rings is 4. The van der Waals surface area contributed by atoms with Crippen molar-refractivity contribution in [2.45, 2.75) is 5.51 Å². The Labute approximate surface area is 217 Å². The Balaban J connectivity index is 1.69. The van der Waals surface area contributed by atoms with Gasteiger partial charge in [-0.2, -0.15) is 21.6 Å². The van der Waals surface area contributed by atoms with Crippen molar-refractivity contribution in [3.8, 4) is 50.8 Å². The van der Waals surface area contributed by atoms with Crippen LogP contribution in [0.5, 0.6) is 5.75 Å². The van der Waals surface area contributed by atoms with Crippen LogP contribution in [0.1, 0.15) is 0 Å². The van der Waals surface area contributed by atoms with Crippen molar-refractivity contribution in [2.24, 2.45) is 0 Å². The lowest BCUT2D eigenvalue weighted by atomic mass is 9.99. The van der Waals surface area contributed by atoms with Crippen molar-refractivity contribution in [3.63, 3.8) is 0 Å². The van der Waals surface area contributed by atoms with Gasteiger partial charge in [0.1, 0.15) is 0 Å². The molecular weight excluding hydrogens is 513 g/mol. The molecule has 0 aliphatic carbocycles. The first-order chi connectivity index (χ1) is 18.2. The third kappa shape index (κ3) is 5.28. The summed E-state index contributed by atoms with van der Waals surface area (Å²) in [5.41, 5.74) is -1.60. The third-order valence-corrected chi connectivity index (χ3v) is 6.64. The Morgan fingerprint density at radius 2 is 1.08 bits per heavy atom. The number of aromatic nitrogens is 2. The molecule has 0 saturated carbocycles. The van der Waals surface area contributed by atoms with Gasteiger partial charge < -0.3 is 4.18 Å². The minimum atomic E-state index is -5.87. The van der Waals surface area contributed by atoms with Crippen LogP contribution in [0.15, 0.2) is 115 Å². The van der Waals surface area contributed by atoms with E-state index in [0.717, 1.165) is 11.1 Å². The molecule has 0 bridgehead atoms. The summed E-state index contributed by atoms with van der Waals surface area (Å²) in [6, 6.07) is 33.3. The molecule has 38 heavy (non-hydrogen) atoms. The molecule has 4 aromatic carbocycles. The van der Waals surface area contributed by atoms with E-state index in [-0.39, 0.29) is 5.56 Å². The lowest BCUT2D eigenvalue weighted by molar-refractivity contribution is -0.0499. The minimum Gasteiger partial charge on any atom is -0.375 e. The Kier molecular flexibility index (Phi) is 6.69. The van der Waals surface area contributed by atoms with Gasteiger partial charge in [-0.3, -0.25) is 0 Å². The number of rotatable bonds is 6.